The molecule has 0 spiro atoms. The lowest BCUT2D eigenvalue weighted by molar-refractivity contribution is 0.311. The molecule has 3 N–H and O–H groups in total. The monoisotopic (exact) mass is 440 g/mol. The second-order valence-corrected chi connectivity index (χ2v) is 6.96. The molecule has 0 saturated carbocycles. The highest BCUT2D eigenvalue weighted by Crippen LogP contribution is 2.32. The van der Waals surface area contributed by atoms with Crippen LogP contribution >= 0.6 is 23.2 Å². The van der Waals surface area contributed by atoms with Gasteiger partial charge in [0.15, 0.2) is 0 Å². The summed E-state index contributed by atoms with van der Waals surface area (Å²) in [6, 6.07) is 8.59. The summed E-state index contributed by atoms with van der Waals surface area (Å²) < 4.78 is 1.60. The van der Waals surface area contributed by atoms with Crippen LogP contribution in [0.4, 0.5) is 17.5 Å². The Balaban J connectivity index is 1.70. The first kappa shape index (κ1) is 19.8. The van der Waals surface area contributed by atoms with Crippen LogP contribution in [-0.4, -0.2) is 43.0 Å². The fourth-order valence-electron chi connectivity index (χ4n) is 2.84. The van der Waals surface area contributed by atoms with Gasteiger partial charge in [0.05, 0.1) is 40.0 Å². The molecule has 9 nitrogen and oxygen atoms in total. The van der Waals surface area contributed by atoms with Crippen LogP contribution in [0.3, 0.4) is 0 Å². The van der Waals surface area contributed by atoms with Gasteiger partial charge in [-0.05, 0) is 12.1 Å². The van der Waals surface area contributed by atoms with E-state index in [-0.39, 0.29) is 6.61 Å². The van der Waals surface area contributed by atoms with Crippen molar-refractivity contribution in [1.82, 2.24) is 24.7 Å². The van der Waals surface area contributed by atoms with Gasteiger partial charge in [-0.15, -0.1) is 0 Å². The van der Waals surface area contributed by atoms with Crippen LogP contribution in [0.5, 0.6) is 0 Å². The number of hydrogen-bond donors (Lipinski definition) is 3. The molecule has 3 aromatic heterocycles. The molecule has 0 bridgehead atoms. The fourth-order valence-corrected chi connectivity index (χ4v) is 3.48. The van der Waals surface area contributed by atoms with Crippen molar-refractivity contribution in [2.75, 3.05) is 23.8 Å². The van der Waals surface area contributed by atoms with Crippen LogP contribution in [0.25, 0.3) is 16.6 Å². The SMILES string of the molecule is N#Cc1cc(Cl)c(-n2ncc3cnc(Nc4cc(NCCO)ncn4)cc32)c(Cl)c1. The molecule has 30 heavy (non-hydrogen) atoms. The second-order valence-electron chi connectivity index (χ2n) is 6.15. The summed E-state index contributed by atoms with van der Waals surface area (Å²) in [7, 11) is 0. The van der Waals surface area contributed by atoms with Crippen molar-refractivity contribution < 1.29 is 5.11 Å². The predicted molar refractivity (Wildman–Crippen MR) is 114 cm³/mol. The van der Waals surface area contributed by atoms with E-state index in [0.717, 1.165) is 5.39 Å². The van der Waals surface area contributed by atoms with Crippen molar-refractivity contribution in [1.29, 1.82) is 5.26 Å². The van der Waals surface area contributed by atoms with Crippen LogP contribution in [-0.2, 0) is 0 Å². The van der Waals surface area contributed by atoms with Crippen LogP contribution < -0.4 is 10.6 Å². The van der Waals surface area contributed by atoms with Crippen molar-refractivity contribution in [2.45, 2.75) is 0 Å². The second kappa shape index (κ2) is 8.51. The molecule has 0 aliphatic rings. The molecule has 0 fully saturated rings. The third kappa shape index (κ3) is 3.97. The highest BCUT2D eigenvalue weighted by Gasteiger charge is 2.15. The van der Waals surface area contributed by atoms with E-state index < -0.39 is 0 Å². The lowest BCUT2D eigenvalue weighted by Crippen LogP contribution is -2.07. The van der Waals surface area contributed by atoms with E-state index in [0.29, 0.717) is 50.8 Å². The number of fused-ring (bicyclic) bond motifs is 1. The minimum atomic E-state index is -0.00452. The molecule has 0 radical (unpaired) electrons. The molecule has 0 aliphatic heterocycles. The highest BCUT2D eigenvalue weighted by atomic mass is 35.5. The molecule has 4 rings (SSSR count). The Bertz CT molecular complexity index is 1240. The maximum absolute atomic E-state index is 9.09. The van der Waals surface area contributed by atoms with Gasteiger partial charge >= 0.3 is 0 Å². The first-order chi connectivity index (χ1) is 14.6. The molecule has 4 aromatic rings. The molecule has 0 saturated heterocycles. The van der Waals surface area contributed by atoms with Gasteiger partial charge in [-0.25, -0.2) is 19.6 Å². The maximum Gasteiger partial charge on any atom is 0.137 e. The number of halogens is 2. The normalized spacial score (nSPS) is 10.7. The van der Waals surface area contributed by atoms with Crippen LogP contribution in [0.1, 0.15) is 5.56 Å². The molecule has 11 heteroatoms. The first-order valence-electron chi connectivity index (χ1n) is 8.76. The third-order valence-electron chi connectivity index (χ3n) is 4.15. The van der Waals surface area contributed by atoms with E-state index in [9.17, 15) is 0 Å². The number of aliphatic hydroxyl groups is 1. The Morgan fingerprint density at radius 2 is 1.73 bits per heavy atom. The third-order valence-corrected chi connectivity index (χ3v) is 4.73. The largest absolute Gasteiger partial charge is 0.395 e. The Labute approximate surface area is 180 Å². The molecular formula is C19H14Cl2N8O. The van der Waals surface area contributed by atoms with Crippen molar-refractivity contribution in [3.63, 3.8) is 0 Å². The van der Waals surface area contributed by atoms with E-state index in [2.05, 4.69) is 30.7 Å². The molecular weight excluding hydrogens is 427 g/mol. The number of nitrogens with zero attached hydrogens (tertiary/aromatic N) is 6. The summed E-state index contributed by atoms with van der Waals surface area (Å²) in [5, 5.41) is 29.9. The topological polar surface area (TPSA) is 125 Å². The van der Waals surface area contributed by atoms with Crippen molar-refractivity contribution in [3.8, 4) is 11.8 Å². The van der Waals surface area contributed by atoms with Gasteiger partial charge in [0, 0.05) is 30.3 Å². The Kier molecular flexibility index (Phi) is 5.63. The van der Waals surface area contributed by atoms with E-state index >= 15 is 0 Å². The van der Waals surface area contributed by atoms with Gasteiger partial charge in [0.25, 0.3) is 0 Å². The lowest BCUT2D eigenvalue weighted by atomic mass is 10.2. The van der Waals surface area contributed by atoms with Gasteiger partial charge in [0.2, 0.25) is 0 Å². The molecule has 0 unspecified atom stereocenters. The smallest absolute Gasteiger partial charge is 0.137 e. The van der Waals surface area contributed by atoms with Crippen molar-refractivity contribution >= 4 is 51.6 Å². The van der Waals surface area contributed by atoms with Crippen molar-refractivity contribution in [3.05, 3.63) is 58.6 Å². The summed E-state index contributed by atoms with van der Waals surface area (Å²) in [4.78, 5) is 12.6. The number of nitriles is 1. The average molecular weight is 441 g/mol. The zero-order valence-corrected chi connectivity index (χ0v) is 16.9. The molecule has 0 aliphatic carbocycles. The van der Waals surface area contributed by atoms with Gasteiger partial charge in [0.1, 0.15) is 29.5 Å². The summed E-state index contributed by atoms with van der Waals surface area (Å²) in [6.45, 7) is 0.376. The Hall–Kier alpha value is -3.45. The van der Waals surface area contributed by atoms with Crippen molar-refractivity contribution in [2.24, 2.45) is 0 Å². The molecule has 0 atom stereocenters. The number of aromatic nitrogens is 5. The standard InChI is InChI=1S/C19H14Cl2N8O/c20-13-3-11(7-22)4-14(21)19(13)29-15-5-17(24-8-12(15)9-27-29)28-18-6-16(23-1-2-30)25-10-26-18/h3-6,8-10,30H,1-2H2,(H2,23,24,25,26,28). The predicted octanol–water partition coefficient (Wildman–Crippen LogP) is 3.54. The van der Waals surface area contributed by atoms with E-state index in [1.165, 1.54) is 6.33 Å². The summed E-state index contributed by atoms with van der Waals surface area (Å²) in [5.41, 5.74) is 1.55. The minimum absolute atomic E-state index is 0.00452. The van der Waals surface area contributed by atoms with Gasteiger partial charge in [-0.2, -0.15) is 10.4 Å². The average Bonchev–Trinajstić information content (AvgIpc) is 3.15. The van der Waals surface area contributed by atoms with Gasteiger partial charge in [-0.1, -0.05) is 23.2 Å². The Morgan fingerprint density at radius 3 is 2.47 bits per heavy atom. The lowest BCUT2D eigenvalue weighted by Gasteiger charge is -2.10. The Morgan fingerprint density at radius 1 is 1.00 bits per heavy atom. The summed E-state index contributed by atoms with van der Waals surface area (Å²) in [5.74, 6) is 1.62. The van der Waals surface area contributed by atoms with E-state index in [4.69, 9.17) is 33.6 Å². The quantitative estimate of drug-likeness (QED) is 0.415. The number of anilines is 3. The maximum atomic E-state index is 9.09. The van der Waals surface area contributed by atoms with Crippen LogP contribution in [0, 0.1) is 11.3 Å². The molecule has 0 amide bonds. The zero-order valence-electron chi connectivity index (χ0n) is 15.3. The molecule has 1 aromatic carbocycles. The van der Waals surface area contributed by atoms with E-state index in [1.807, 2.05) is 6.07 Å². The van der Waals surface area contributed by atoms with Gasteiger partial charge in [-0.3, -0.25) is 0 Å². The number of rotatable bonds is 6. The molecule has 3 heterocycles. The number of hydrogen-bond acceptors (Lipinski definition) is 8. The zero-order chi connectivity index (χ0) is 21.1. The number of benzene rings is 1. The highest BCUT2D eigenvalue weighted by molar-refractivity contribution is 6.38. The van der Waals surface area contributed by atoms with Gasteiger partial charge < -0.3 is 15.7 Å². The van der Waals surface area contributed by atoms with Crippen LogP contribution in [0.2, 0.25) is 10.0 Å². The fraction of sp³-hybridized carbons (Fsp3) is 0.105. The number of nitrogens with one attached hydrogen (secondary N) is 2. The summed E-state index contributed by atoms with van der Waals surface area (Å²) in [6.07, 6.45) is 4.72. The van der Waals surface area contributed by atoms with Crippen LogP contribution in [0.15, 0.2) is 43.0 Å². The number of pyridine rings is 1. The number of aliphatic hydroxyl groups excluding tert-OH is 1. The minimum Gasteiger partial charge on any atom is -0.395 e. The van der Waals surface area contributed by atoms with E-state index in [1.54, 1.807) is 41.3 Å². The first-order valence-corrected chi connectivity index (χ1v) is 9.51. The molecule has 150 valence electrons. The summed E-state index contributed by atoms with van der Waals surface area (Å²) >= 11 is 12.7.